The number of hydrogen-bond acceptors (Lipinski definition) is 2. The van der Waals surface area contributed by atoms with Gasteiger partial charge in [-0.3, -0.25) is 0 Å². The molecule has 1 unspecified atom stereocenters. The van der Waals surface area contributed by atoms with E-state index in [-0.39, 0.29) is 23.2 Å². The standard InChI is InChI=1S/C12H14ClF2NO/c13-10-5-11(14)8(4-12(10)15)6-16-7-9-2-1-3-17-9/h4-5,9,16H,1-3,6-7H2. The van der Waals surface area contributed by atoms with Crippen LogP contribution in [-0.4, -0.2) is 19.3 Å². The smallest absolute Gasteiger partial charge is 0.142 e. The fourth-order valence-electron chi connectivity index (χ4n) is 1.87. The first kappa shape index (κ1) is 12.7. The van der Waals surface area contributed by atoms with E-state index in [2.05, 4.69) is 5.32 Å². The number of benzene rings is 1. The Kier molecular flexibility index (Phi) is 4.31. The van der Waals surface area contributed by atoms with Gasteiger partial charge >= 0.3 is 0 Å². The molecule has 1 aromatic rings. The van der Waals surface area contributed by atoms with E-state index in [9.17, 15) is 8.78 Å². The molecule has 5 heteroatoms. The van der Waals surface area contributed by atoms with Gasteiger partial charge in [-0.2, -0.15) is 0 Å². The number of halogens is 3. The van der Waals surface area contributed by atoms with Gasteiger partial charge in [0.25, 0.3) is 0 Å². The fraction of sp³-hybridized carbons (Fsp3) is 0.500. The van der Waals surface area contributed by atoms with Gasteiger partial charge in [0.15, 0.2) is 0 Å². The van der Waals surface area contributed by atoms with Gasteiger partial charge in [0.1, 0.15) is 11.6 Å². The van der Waals surface area contributed by atoms with Crippen LogP contribution in [0.5, 0.6) is 0 Å². The summed E-state index contributed by atoms with van der Waals surface area (Å²) in [5, 5.41) is 2.87. The molecule has 1 aromatic carbocycles. The molecule has 2 rings (SSSR count). The van der Waals surface area contributed by atoms with Crippen LogP contribution < -0.4 is 5.32 Å². The van der Waals surface area contributed by atoms with E-state index in [1.54, 1.807) is 0 Å². The maximum Gasteiger partial charge on any atom is 0.142 e. The average Bonchev–Trinajstić information content (AvgIpc) is 2.78. The molecule has 1 atom stereocenters. The van der Waals surface area contributed by atoms with E-state index in [0.717, 1.165) is 31.6 Å². The summed E-state index contributed by atoms with van der Waals surface area (Å²) < 4.78 is 32.0. The molecule has 0 amide bonds. The van der Waals surface area contributed by atoms with Gasteiger partial charge in [0.2, 0.25) is 0 Å². The predicted octanol–water partition coefficient (Wildman–Crippen LogP) is 2.89. The molecular formula is C12H14ClF2NO. The third-order valence-corrected chi connectivity index (χ3v) is 3.09. The van der Waals surface area contributed by atoms with Crippen molar-refractivity contribution in [1.82, 2.24) is 5.32 Å². The van der Waals surface area contributed by atoms with Gasteiger partial charge < -0.3 is 10.1 Å². The molecule has 1 aliphatic rings. The van der Waals surface area contributed by atoms with Crippen LogP contribution in [0.1, 0.15) is 18.4 Å². The number of ether oxygens (including phenoxy) is 1. The number of rotatable bonds is 4. The molecule has 0 bridgehead atoms. The van der Waals surface area contributed by atoms with Crippen LogP contribution >= 0.6 is 11.6 Å². The van der Waals surface area contributed by atoms with Crippen molar-refractivity contribution in [2.75, 3.05) is 13.2 Å². The molecule has 0 spiro atoms. The first-order chi connectivity index (χ1) is 8.16. The molecular weight excluding hydrogens is 248 g/mol. The Labute approximate surface area is 104 Å². The van der Waals surface area contributed by atoms with Crippen molar-refractivity contribution < 1.29 is 13.5 Å². The van der Waals surface area contributed by atoms with Crippen molar-refractivity contribution >= 4 is 11.6 Å². The van der Waals surface area contributed by atoms with Gasteiger partial charge in [-0.05, 0) is 25.0 Å². The Balaban J connectivity index is 1.87. The number of nitrogens with one attached hydrogen (secondary N) is 1. The second-order valence-electron chi connectivity index (χ2n) is 4.12. The monoisotopic (exact) mass is 261 g/mol. The zero-order valence-corrected chi connectivity index (χ0v) is 10.1. The molecule has 1 saturated heterocycles. The Morgan fingerprint density at radius 3 is 2.88 bits per heavy atom. The van der Waals surface area contributed by atoms with Crippen molar-refractivity contribution in [2.45, 2.75) is 25.5 Å². The lowest BCUT2D eigenvalue weighted by molar-refractivity contribution is 0.110. The third-order valence-electron chi connectivity index (χ3n) is 2.80. The van der Waals surface area contributed by atoms with Crippen LogP contribution in [0.3, 0.4) is 0 Å². The Morgan fingerprint density at radius 2 is 2.18 bits per heavy atom. The summed E-state index contributed by atoms with van der Waals surface area (Å²) in [4.78, 5) is 0. The summed E-state index contributed by atoms with van der Waals surface area (Å²) in [5.41, 5.74) is 0.282. The lowest BCUT2D eigenvalue weighted by atomic mass is 10.2. The van der Waals surface area contributed by atoms with E-state index in [1.807, 2.05) is 0 Å². The highest BCUT2D eigenvalue weighted by molar-refractivity contribution is 6.30. The van der Waals surface area contributed by atoms with Gasteiger partial charge in [-0.25, -0.2) is 8.78 Å². The van der Waals surface area contributed by atoms with Crippen LogP contribution in [0.2, 0.25) is 5.02 Å². The SMILES string of the molecule is Fc1cc(CNCC2CCCO2)c(F)cc1Cl. The molecule has 0 aromatic heterocycles. The summed E-state index contributed by atoms with van der Waals surface area (Å²) in [7, 11) is 0. The zero-order valence-electron chi connectivity index (χ0n) is 9.31. The van der Waals surface area contributed by atoms with Gasteiger partial charge in [-0.15, -0.1) is 0 Å². The van der Waals surface area contributed by atoms with Crippen molar-refractivity contribution in [3.8, 4) is 0 Å². The molecule has 1 N–H and O–H groups in total. The molecule has 1 fully saturated rings. The average molecular weight is 262 g/mol. The minimum absolute atomic E-state index is 0.189. The summed E-state index contributed by atoms with van der Waals surface area (Å²) in [5.74, 6) is -1.08. The fourth-order valence-corrected chi connectivity index (χ4v) is 2.02. The summed E-state index contributed by atoms with van der Waals surface area (Å²) in [6, 6.07) is 2.13. The first-order valence-corrected chi connectivity index (χ1v) is 6.00. The van der Waals surface area contributed by atoms with Crippen molar-refractivity contribution in [3.05, 3.63) is 34.4 Å². The van der Waals surface area contributed by atoms with Gasteiger partial charge in [0.05, 0.1) is 11.1 Å². The van der Waals surface area contributed by atoms with Crippen LogP contribution in [-0.2, 0) is 11.3 Å². The van der Waals surface area contributed by atoms with Crippen molar-refractivity contribution in [1.29, 1.82) is 0 Å². The lowest BCUT2D eigenvalue weighted by Crippen LogP contribution is -2.26. The summed E-state index contributed by atoms with van der Waals surface area (Å²) >= 11 is 5.47. The minimum Gasteiger partial charge on any atom is -0.377 e. The predicted molar refractivity (Wildman–Crippen MR) is 62.0 cm³/mol. The summed E-state index contributed by atoms with van der Waals surface area (Å²) in [6.45, 7) is 1.72. The zero-order chi connectivity index (χ0) is 12.3. The maximum atomic E-state index is 13.4. The molecule has 1 aliphatic heterocycles. The van der Waals surface area contributed by atoms with E-state index < -0.39 is 11.6 Å². The van der Waals surface area contributed by atoms with Crippen molar-refractivity contribution in [3.63, 3.8) is 0 Å². The van der Waals surface area contributed by atoms with Crippen molar-refractivity contribution in [2.24, 2.45) is 0 Å². The minimum atomic E-state index is -0.595. The molecule has 0 radical (unpaired) electrons. The van der Waals surface area contributed by atoms with Crippen LogP contribution in [0.25, 0.3) is 0 Å². The third kappa shape index (κ3) is 3.37. The van der Waals surface area contributed by atoms with Crippen LogP contribution in [0.4, 0.5) is 8.78 Å². The van der Waals surface area contributed by atoms with E-state index in [0.29, 0.717) is 6.54 Å². The van der Waals surface area contributed by atoms with Crippen LogP contribution in [0, 0.1) is 11.6 Å². The molecule has 1 heterocycles. The van der Waals surface area contributed by atoms with Gasteiger partial charge in [-0.1, -0.05) is 11.6 Å². The Bertz CT molecular complexity index is 394. The van der Waals surface area contributed by atoms with Crippen LogP contribution in [0.15, 0.2) is 12.1 Å². The second-order valence-corrected chi connectivity index (χ2v) is 4.53. The lowest BCUT2D eigenvalue weighted by Gasteiger charge is -2.11. The largest absolute Gasteiger partial charge is 0.377 e. The highest BCUT2D eigenvalue weighted by atomic mass is 35.5. The second kappa shape index (κ2) is 5.76. The first-order valence-electron chi connectivity index (χ1n) is 5.62. The Morgan fingerprint density at radius 1 is 1.35 bits per heavy atom. The van der Waals surface area contributed by atoms with E-state index in [4.69, 9.17) is 16.3 Å². The normalized spacial score (nSPS) is 19.8. The topological polar surface area (TPSA) is 21.3 Å². The molecule has 17 heavy (non-hydrogen) atoms. The molecule has 2 nitrogen and oxygen atoms in total. The van der Waals surface area contributed by atoms with E-state index in [1.165, 1.54) is 0 Å². The molecule has 94 valence electrons. The molecule has 0 saturated carbocycles. The highest BCUT2D eigenvalue weighted by Gasteiger charge is 2.15. The summed E-state index contributed by atoms with van der Waals surface area (Å²) in [6.07, 6.45) is 2.27. The molecule has 0 aliphatic carbocycles. The quantitative estimate of drug-likeness (QED) is 0.842. The number of hydrogen-bond donors (Lipinski definition) is 1. The van der Waals surface area contributed by atoms with Gasteiger partial charge in [0, 0.05) is 25.3 Å². The highest BCUT2D eigenvalue weighted by Crippen LogP contribution is 2.19. The van der Waals surface area contributed by atoms with E-state index >= 15 is 0 Å². The Hall–Kier alpha value is -0.710. The maximum absolute atomic E-state index is 13.4.